The van der Waals surface area contributed by atoms with Crippen LogP contribution in [0.25, 0.3) is 0 Å². The molecule has 1 atom stereocenters. The van der Waals surface area contributed by atoms with E-state index in [1.807, 2.05) is 11.8 Å². The Hall–Kier alpha value is -0.540. The molecule has 104 valence electrons. The van der Waals surface area contributed by atoms with Crippen molar-refractivity contribution in [2.45, 2.75) is 16.6 Å². The van der Waals surface area contributed by atoms with Crippen molar-refractivity contribution < 1.29 is 4.74 Å². The fourth-order valence-electron chi connectivity index (χ4n) is 2.19. The van der Waals surface area contributed by atoms with Crippen LogP contribution in [-0.2, 0) is 6.42 Å². The highest BCUT2D eigenvalue weighted by Crippen LogP contribution is 2.39. The second kappa shape index (κ2) is 6.07. The van der Waals surface area contributed by atoms with Gasteiger partial charge in [-0.25, -0.2) is 0 Å². The first kappa shape index (κ1) is 14.4. The lowest BCUT2D eigenvalue weighted by molar-refractivity contribution is 0.318. The normalized spacial score (nSPS) is 17.1. The van der Waals surface area contributed by atoms with Crippen LogP contribution >= 0.6 is 46.6 Å². The average Bonchev–Trinajstić information content (AvgIpc) is 2.80. The minimum atomic E-state index is 0.384. The van der Waals surface area contributed by atoms with Gasteiger partial charge >= 0.3 is 0 Å². The van der Waals surface area contributed by atoms with Crippen LogP contribution in [0.2, 0.25) is 15.1 Å². The molecule has 0 fully saturated rings. The molecule has 0 aliphatic carbocycles. The Morgan fingerprint density at radius 1 is 1.10 bits per heavy atom. The Morgan fingerprint density at radius 2 is 1.80 bits per heavy atom. The summed E-state index contributed by atoms with van der Waals surface area (Å²) < 4.78 is 5.79. The Balaban J connectivity index is 1.67. The van der Waals surface area contributed by atoms with Crippen LogP contribution in [0, 0.1) is 0 Å². The van der Waals surface area contributed by atoms with E-state index in [1.165, 1.54) is 10.5 Å². The molecule has 0 bridgehead atoms. The molecule has 1 heterocycles. The van der Waals surface area contributed by atoms with Crippen molar-refractivity contribution in [2.75, 3.05) is 6.61 Å². The van der Waals surface area contributed by atoms with E-state index >= 15 is 0 Å². The van der Waals surface area contributed by atoms with Crippen LogP contribution in [0.1, 0.15) is 5.56 Å². The van der Waals surface area contributed by atoms with Gasteiger partial charge in [0.05, 0.1) is 10.0 Å². The summed E-state index contributed by atoms with van der Waals surface area (Å²) in [7, 11) is 0. The van der Waals surface area contributed by atoms with Gasteiger partial charge in [-0.15, -0.1) is 11.8 Å². The molecule has 0 amide bonds. The zero-order valence-electron chi connectivity index (χ0n) is 10.4. The van der Waals surface area contributed by atoms with E-state index in [2.05, 4.69) is 24.3 Å². The number of fused-ring (bicyclic) bond motifs is 1. The number of benzene rings is 2. The van der Waals surface area contributed by atoms with E-state index in [0.717, 1.165) is 6.42 Å². The van der Waals surface area contributed by atoms with Crippen molar-refractivity contribution in [3.63, 3.8) is 0 Å². The topological polar surface area (TPSA) is 9.23 Å². The summed E-state index contributed by atoms with van der Waals surface area (Å²) in [6, 6.07) is 11.7. The number of hydrogen-bond donors (Lipinski definition) is 0. The largest absolute Gasteiger partial charge is 0.489 e. The third kappa shape index (κ3) is 3.04. The molecule has 1 aliphatic heterocycles. The van der Waals surface area contributed by atoms with Crippen LogP contribution in [0.5, 0.6) is 5.75 Å². The Morgan fingerprint density at radius 3 is 2.50 bits per heavy atom. The van der Waals surface area contributed by atoms with E-state index in [9.17, 15) is 0 Å². The lowest BCUT2D eigenvalue weighted by Crippen LogP contribution is -2.13. The molecule has 20 heavy (non-hydrogen) atoms. The summed E-state index contributed by atoms with van der Waals surface area (Å²) in [6.45, 7) is 0.570. The summed E-state index contributed by atoms with van der Waals surface area (Å²) in [5, 5.41) is 1.79. The second-order valence-corrected chi connectivity index (χ2v) is 7.15. The maximum Gasteiger partial charge on any atom is 0.156 e. The van der Waals surface area contributed by atoms with Crippen molar-refractivity contribution in [3.8, 4) is 5.75 Å². The smallest absolute Gasteiger partial charge is 0.156 e. The molecule has 1 nitrogen and oxygen atoms in total. The molecule has 0 saturated heterocycles. The maximum absolute atomic E-state index is 6.11. The molecule has 0 radical (unpaired) electrons. The molecule has 1 aliphatic rings. The van der Waals surface area contributed by atoms with Gasteiger partial charge in [-0.1, -0.05) is 53.0 Å². The average molecular weight is 346 g/mol. The van der Waals surface area contributed by atoms with Gasteiger partial charge in [0.1, 0.15) is 6.61 Å². The standard InChI is InChI=1S/C15H11Cl3OS/c16-10-6-12(17)15(13(18)7-10)19-8-11-5-9-3-1-2-4-14(9)20-11/h1-4,6-7,11H,5,8H2. The Bertz CT molecular complexity index is 597. The van der Waals surface area contributed by atoms with Crippen molar-refractivity contribution in [1.29, 1.82) is 0 Å². The number of hydrogen-bond acceptors (Lipinski definition) is 2. The summed E-state index contributed by atoms with van der Waals surface area (Å²) in [5.74, 6) is 0.509. The zero-order valence-corrected chi connectivity index (χ0v) is 13.5. The zero-order chi connectivity index (χ0) is 14.1. The molecule has 1 unspecified atom stereocenters. The van der Waals surface area contributed by atoms with Crippen LogP contribution in [0.4, 0.5) is 0 Å². The van der Waals surface area contributed by atoms with Gasteiger partial charge < -0.3 is 4.74 Å². The Kier molecular flexibility index (Phi) is 4.37. The number of rotatable bonds is 3. The van der Waals surface area contributed by atoms with E-state index in [-0.39, 0.29) is 0 Å². The van der Waals surface area contributed by atoms with Gasteiger partial charge in [0.25, 0.3) is 0 Å². The summed E-state index contributed by atoms with van der Waals surface area (Å²) >= 11 is 19.9. The highest BCUT2D eigenvalue weighted by atomic mass is 35.5. The van der Waals surface area contributed by atoms with Gasteiger partial charge in [-0.2, -0.15) is 0 Å². The van der Waals surface area contributed by atoms with Crippen LogP contribution in [0.3, 0.4) is 0 Å². The highest BCUT2D eigenvalue weighted by Gasteiger charge is 2.23. The quantitative estimate of drug-likeness (QED) is 0.701. The van der Waals surface area contributed by atoms with Crippen LogP contribution in [-0.4, -0.2) is 11.9 Å². The van der Waals surface area contributed by atoms with Gasteiger partial charge in [0.2, 0.25) is 0 Å². The fourth-order valence-corrected chi connectivity index (χ4v) is 4.33. The van der Waals surface area contributed by atoms with Gasteiger partial charge in [0.15, 0.2) is 5.75 Å². The molecular weight excluding hydrogens is 335 g/mol. The van der Waals surface area contributed by atoms with Crippen molar-refractivity contribution in [3.05, 3.63) is 57.0 Å². The van der Waals surface area contributed by atoms with Crippen molar-refractivity contribution in [2.24, 2.45) is 0 Å². The molecule has 0 spiro atoms. The summed E-state index contributed by atoms with van der Waals surface area (Å²) in [6.07, 6.45) is 1.00. The van der Waals surface area contributed by atoms with Crippen molar-refractivity contribution >= 4 is 46.6 Å². The molecule has 0 saturated carbocycles. The third-order valence-corrected chi connectivity index (χ3v) is 5.16. The predicted octanol–water partition coefficient (Wildman–Crippen LogP) is 5.74. The lowest BCUT2D eigenvalue weighted by atomic mass is 10.1. The van der Waals surface area contributed by atoms with E-state index in [0.29, 0.717) is 32.7 Å². The minimum absolute atomic E-state index is 0.384. The summed E-state index contributed by atoms with van der Waals surface area (Å²) in [5.41, 5.74) is 1.37. The number of ether oxygens (including phenoxy) is 1. The first-order valence-corrected chi connectivity index (χ1v) is 8.17. The number of thioether (sulfide) groups is 1. The lowest BCUT2D eigenvalue weighted by Gasteiger charge is -2.13. The van der Waals surface area contributed by atoms with Crippen LogP contribution < -0.4 is 4.74 Å². The van der Waals surface area contributed by atoms with E-state index in [1.54, 1.807) is 12.1 Å². The Labute approximate surface area is 137 Å². The van der Waals surface area contributed by atoms with Gasteiger partial charge in [-0.05, 0) is 30.2 Å². The maximum atomic E-state index is 6.11. The van der Waals surface area contributed by atoms with E-state index in [4.69, 9.17) is 39.5 Å². The molecular formula is C15H11Cl3OS. The molecule has 5 heteroatoms. The third-order valence-electron chi connectivity index (χ3n) is 3.09. The first-order chi connectivity index (χ1) is 9.63. The molecule has 0 aromatic heterocycles. The molecule has 0 N–H and O–H groups in total. The van der Waals surface area contributed by atoms with Gasteiger partial charge in [-0.3, -0.25) is 0 Å². The molecule has 2 aromatic rings. The summed E-state index contributed by atoms with van der Waals surface area (Å²) in [4.78, 5) is 1.33. The SMILES string of the molecule is Clc1cc(Cl)c(OCC2Cc3ccccc3S2)c(Cl)c1. The highest BCUT2D eigenvalue weighted by molar-refractivity contribution is 8.00. The first-order valence-electron chi connectivity index (χ1n) is 6.15. The predicted molar refractivity (Wildman–Crippen MR) is 86.8 cm³/mol. The molecule has 2 aromatic carbocycles. The minimum Gasteiger partial charge on any atom is -0.489 e. The number of halogens is 3. The molecule has 3 rings (SSSR count). The van der Waals surface area contributed by atoms with Crippen LogP contribution in [0.15, 0.2) is 41.3 Å². The second-order valence-electron chi connectivity index (χ2n) is 4.56. The fraction of sp³-hybridized carbons (Fsp3) is 0.200. The van der Waals surface area contributed by atoms with Crippen molar-refractivity contribution in [1.82, 2.24) is 0 Å². The van der Waals surface area contributed by atoms with E-state index < -0.39 is 0 Å². The monoisotopic (exact) mass is 344 g/mol. The van der Waals surface area contributed by atoms with Gasteiger partial charge in [0, 0.05) is 15.2 Å².